The number of amides is 1. The molecule has 0 aromatic heterocycles. The number of ether oxygens (including phenoxy) is 1. The monoisotopic (exact) mass is 417 g/mol. The van der Waals surface area contributed by atoms with Gasteiger partial charge in [-0.2, -0.15) is 8.42 Å². The number of hydrogen-bond acceptors (Lipinski definition) is 4. The molecule has 0 saturated heterocycles. The first-order chi connectivity index (χ1) is 12.8. The second-order valence-electron chi connectivity index (χ2n) is 7.85. The third kappa shape index (κ3) is 4.57. The molecule has 0 bridgehead atoms. The van der Waals surface area contributed by atoms with Crippen molar-refractivity contribution in [3.63, 3.8) is 0 Å². The summed E-state index contributed by atoms with van der Waals surface area (Å²) in [5.41, 5.74) is -0.294. The summed E-state index contributed by atoms with van der Waals surface area (Å²) in [6, 6.07) is 0.0291. The number of nitrogens with one attached hydrogen (secondary N) is 1. The molecule has 2 fully saturated rings. The standard InChI is InChI=1S/C19H25ClFNO4S/c1-10-4-3-5-11(2)14(10)9-26-17-15(20)8-13(16(21)18(17)27(24)25)19(23)22-12-6-7-12/h8,10-12,14,16H,3-7,9H2,1-2H3,(H,22,23). The Labute approximate surface area is 165 Å². The molecule has 1 N–H and O–H groups in total. The van der Waals surface area contributed by atoms with E-state index in [1.54, 1.807) is 0 Å². The third-order valence-corrected chi connectivity index (χ3v) is 6.81. The Balaban J connectivity index is 1.83. The van der Waals surface area contributed by atoms with Crippen molar-refractivity contribution in [3.8, 4) is 0 Å². The average Bonchev–Trinajstić information content (AvgIpc) is 3.40. The first kappa shape index (κ1) is 20.4. The van der Waals surface area contributed by atoms with Crippen LogP contribution in [-0.4, -0.2) is 38.0 Å². The Morgan fingerprint density at radius 2 is 1.89 bits per heavy atom. The molecule has 150 valence electrons. The first-order valence-corrected chi connectivity index (χ1v) is 10.9. The minimum Gasteiger partial charge on any atom is -0.490 e. The van der Waals surface area contributed by atoms with Gasteiger partial charge < -0.3 is 10.1 Å². The van der Waals surface area contributed by atoms with Gasteiger partial charge in [0.2, 0.25) is 10.3 Å². The second kappa shape index (κ2) is 8.35. The van der Waals surface area contributed by atoms with Gasteiger partial charge >= 0.3 is 0 Å². The maximum absolute atomic E-state index is 14.9. The quantitative estimate of drug-likeness (QED) is 0.697. The number of carbonyl (C=O) groups excluding carboxylic acids is 1. The molecule has 0 spiro atoms. The second-order valence-corrected chi connectivity index (χ2v) is 9.16. The Hall–Kier alpha value is -1.34. The molecular weight excluding hydrogens is 393 g/mol. The van der Waals surface area contributed by atoms with E-state index in [4.69, 9.17) is 16.3 Å². The van der Waals surface area contributed by atoms with Crippen molar-refractivity contribution < 1.29 is 22.3 Å². The van der Waals surface area contributed by atoms with Crippen LogP contribution in [0, 0.1) is 17.8 Å². The van der Waals surface area contributed by atoms with Gasteiger partial charge in [0, 0.05) is 6.04 Å². The minimum atomic E-state index is -2.89. The summed E-state index contributed by atoms with van der Waals surface area (Å²) in [4.78, 5) is 11.6. The molecule has 0 radical (unpaired) electrons. The number of carbonyl (C=O) groups is 1. The molecule has 5 nitrogen and oxygen atoms in total. The molecule has 3 atom stereocenters. The highest BCUT2D eigenvalue weighted by Gasteiger charge is 2.38. The molecular formula is C19H25ClFNO4S. The van der Waals surface area contributed by atoms with Crippen LogP contribution >= 0.6 is 11.6 Å². The number of allylic oxidation sites excluding steroid dienone is 3. The molecule has 2 saturated carbocycles. The SMILES string of the molecule is CC1CCCC(C)C1COC1=C(Cl)C=C(C(=O)NC2CC2)C(F)C1=S(=O)=O. The van der Waals surface area contributed by atoms with Crippen molar-refractivity contribution >= 4 is 32.7 Å². The lowest BCUT2D eigenvalue weighted by molar-refractivity contribution is -0.118. The minimum absolute atomic E-state index is 0.0291. The van der Waals surface area contributed by atoms with Crippen LogP contribution in [0.15, 0.2) is 22.4 Å². The molecule has 3 aliphatic carbocycles. The Bertz CT molecular complexity index is 798. The number of rotatable bonds is 5. The van der Waals surface area contributed by atoms with Crippen molar-refractivity contribution in [2.45, 2.75) is 58.2 Å². The number of halogens is 2. The molecule has 0 aromatic rings. The fourth-order valence-electron chi connectivity index (χ4n) is 3.89. The van der Waals surface area contributed by atoms with E-state index >= 15 is 0 Å². The average molecular weight is 418 g/mol. The van der Waals surface area contributed by atoms with Gasteiger partial charge in [-0.05, 0) is 36.7 Å². The lowest BCUT2D eigenvalue weighted by Gasteiger charge is -2.35. The maximum atomic E-state index is 14.9. The van der Waals surface area contributed by atoms with Crippen LogP contribution in [0.3, 0.4) is 0 Å². The van der Waals surface area contributed by atoms with E-state index in [0.717, 1.165) is 25.7 Å². The van der Waals surface area contributed by atoms with E-state index in [1.165, 1.54) is 12.5 Å². The molecule has 1 amide bonds. The molecule has 3 rings (SSSR count). The van der Waals surface area contributed by atoms with Crippen molar-refractivity contribution in [3.05, 3.63) is 22.4 Å². The first-order valence-electron chi connectivity index (χ1n) is 9.45. The summed E-state index contributed by atoms with van der Waals surface area (Å²) < 4.78 is 44.0. The summed E-state index contributed by atoms with van der Waals surface area (Å²) in [6.45, 7) is 4.57. The zero-order valence-corrected chi connectivity index (χ0v) is 17.1. The van der Waals surface area contributed by atoms with Crippen LogP contribution < -0.4 is 5.32 Å². The van der Waals surface area contributed by atoms with Gasteiger partial charge in [-0.15, -0.1) is 0 Å². The molecule has 3 unspecified atom stereocenters. The van der Waals surface area contributed by atoms with Crippen LogP contribution in [0.4, 0.5) is 4.39 Å². The van der Waals surface area contributed by atoms with Gasteiger partial charge in [0.1, 0.15) is 0 Å². The van der Waals surface area contributed by atoms with Crippen LogP contribution in [0.2, 0.25) is 0 Å². The van der Waals surface area contributed by atoms with Gasteiger partial charge in [0.15, 0.2) is 16.8 Å². The van der Waals surface area contributed by atoms with Gasteiger partial charge in [-0.1, -0.05) is 44.7 Å². The summed E-state index contributed by atoms with van der Waals surface area (Å²) >= 11 is 6.21. The Morgan fingerprint density at radius 1 is 1.26 bits per heavy atom. The molecule has 27 heavy (non-hydrogen) atoms. The zero-order chi connectivity index (χ0) is 19.7. The van der Waals surface area contributed by atoms with E-state index in [9.17, 15) is 17.6 Å². The molecule has 0 aliphatic heterocycles. The highest BCUT2D eigenvalue weighted by molar-refractivity contribution is 7.73. The third-order valence-electron chi connectivity index (χ3n) is 5.78. The fraction of sp³-hybridized carbons (Fsp3) is 0.684. The zero-order valence-electron chi connectivity index (χ0n) is 15.5. The topological polar surface area (TPSA) is 72.5 Å². The van der Waals surface area contributed by atoms with Crippen molar-refractivity contribution in [1.29, 1.82) is 0 Å². The predicted molar refractivity (Wildman–Crippen MR) is 103 cm³/mol. The van der Waals surface area contributed by atoms with Crippen LogP contribution in [0.25, 0.3) is 0 Å². The summed E-state index contributed by atoms with van der Waals surface area (Å²) in [5, 5.41) is 2.61. The highest BCUT2D eigenvalue weighted by atomic mass is 35.5. The molecule has 0 heterocycles. The maximum Gasteiger partial charge on any atom is 0.250 e. The van der Waals surface area contributed by atoms with Gasteiger partial charge in [-0.25, -0.2) is 4.39 Å². The lowest BCUT2D eigenvalue weighted by atomic mass is 9.74. The van der Waals surface area contributed by atoms with Crippen LogP contribution in [-0.2, 0) is 19.8 Å². The summed E-state index contributed by atoms with van der Waals surface area (Å²) in [5.74, 6) is 0.327. The van der Waals surface area contributed by atoms with E-state index in [-0.39, 0.29) is 34.9 Å². The van der Waals surface area contributed by atoms with E-state index < -0.39 is 27.2 Å². The summed E-state index contributed by atoms with van der Waals surface area (Å²) in [7, 11) is -2.89. The van der Waals surface area contributed by atoms with Crippen LogP contribution in [0.5, 0.6) is 0 Å². The number of alkyl halides is 1. The Morgan fingerprint density at radius 3 is 2.44 bits per heavy atom. The van der Waals surface area contributed by atoms with Crippen molar-refractivity contribution in [1.82, 2.24) is 5.32 Å². The van der Waals surface area contributed by atoms with Crippen LogP contribution in [0.1, 0.15) is 46.0 Å². The van der Waals surface area contributed by atoms with Gasteiger partial charge in [-0.3, -0.25) is 4.79 Å². The van der Waals surface area contributed by atoms with Crippen molar-refractivity contribution in [2.24, 2.45) is 17.8 Å². The van der Waals surface area contributed by atoms with E-state index in [2.05, 4.69) is 19.2 Å². The lowest BCUT2D eigenvalue weighted by Crippen LogP contribution is -2.37. The smallest absolute Gasteiger partial charge is 0.250 e. The fourth-order valence-corrected chi connectivity index (χ4v) is 4.83. The van der Waals surface area contributed by atoms with Gasteiger partial charge in [0.05, 0.1) is 17.2 Å². The van der Waals surface area contributed by atoms with Gasteiger partial charge in [0.25, 0.3) is 5.91 Å². The molecule has 0 aromatic carbocycles. The highest BCUT2D eigenvalue weighted by Crippen LogP contribution is 2.36. The van der Waals surface area contributed by atoms with E-state index in [1.807, 2.05) is 0 Å². The molecule has 3 aliphatic rings. The normalized spacial score (nSPS) is 31.4. The largest absolute Gasteiger partial charge is 0.490 e. The van der Waals surface area contributed by atoms with E-state index in [0.29, 0.717) is 11.8 Å². The molecule has 8 heteroatoms. The number of hydrogen-bond donors (Lipinski definition) is 1. The predicted octanol–water partition coefficient (Wildman–Crippen LogP) is 3.13. The van der Waals surface area contributed by atoms with Crippen molar-refractivity contribution in [2.75, 3.05) is 6.61 Å². The Kier molecular flexibility index (Phi) is 6.31. The summed E-state index contributed by atoms with van der Waals surface area (Å²) in [6.07, 6.45) is 4.13.